The fourth-order valence-corrected chi connectivity index (χ4v) is 5.12. The number of rotatable bonds is 10. The van der Waals surface area contributed by atoms with E-state index in [-0.39, 0.29) is 17.1 Å². The summed E-state index contributed by atoms with van der Waals surface area (Å²) in [5, 5.41) is 0.777. The molecule has 0 radical (unpaired) electrons. The van der Waals surface area contributed by atoms with Crippen molar-refractivity contribution in [1.82, 2.24) is 9.80 Å². The molecule has 1 atom stereocenters. The van der Waals surface area contributed by atoms with Crippen LogP contribution in [0.3, 0.4) is 0 Å². The minimum Gasteiger partial charge on any atom is -0.490 e. The lowest BCUT2D eigenvalue weighted by Gasteiger charge is -2.26. The number of carbonyl (C=O) groups is 1. The first-order valence-electron chi connectivity index (χ1n) is 13.0. The van der Waals surface area contributed by atoms with Crippen LogP contribution >= 0.6 is 11.6 Å². The predicted octanol–water partition coefficient (Wildman–Crippen LogP) is 5.92. The molecule has 0 N–H and O–H groups in total. The Morgan fingerprint density at radius 3 is 2.51 bits per heavy atom. The van der Waals surface area contributed by atoms with E-state index in [1.54, 1.807) is 23.1 Å². The van der Waals surface area contributed by atoms with Crippen LogP contribution in [-0.4, -0.2) is 49.5 Å². The van der Waals surface area contributed by atoms with Crippen LogP contribution in [-0.2, 0) is 6.61 Å². The molecule has 2 heterocycles. The smallest absolute Gasteiger partial charge is 0.290 e. The summed E-state index contributed by atoms with van der Waals surface area (Å²) < 4.78 is 18.1. The van der Waals surface area contributed by atoms with E-state index in [2.05, 4.69) is 4.90 Å². The molecule has 8 heteroatoms. The molecular weight excluding hydrogens is 516 g/mol. The van der Waals surface area contributed by atoms with E-state index in [1.165, 1.54) is 0 Å². The molecule has 0 aliphatic carbocycles. The Morgan fingerprint density at radius 1 is 0.974 bits per heavy atom. The zero-order valence-corrected chi connectivity index (χ0v) is 23.0. The Hall–Kier alpha value is -3.81. The van der Waals surface area contributed by atoms with Crippen LogP contribution in [0.5, 0.6) is 11.5 Å². The minimum absolute atomic E-state index is 0.0760. The van der Waals surface area contributed by atoms with Gasteiger partial charge < -0.3 is 23.7 Å². The lowest BCUT2D eigenvalue weighted by Crippen LogP contribution is -2.32. The van der Waals surface area contributed by atoms with Gasteiger partial charge in [-0.15, -0.1) is 0 Å². The van der Waals surface area contributed by atoms with E-state index in [1.807, 2.05) is 69.6 Å². The van der Waals surface area contributed by atoms with E-state index in [0.717, 1.165) is 24.1 Å². The van der Waals surface area contributed by atoms with Crippen molar-refractivity contribution in [2.24, 2.45) is 0 Å². The van der Waals surface area contributed by atoms with Crippen molar-refractivity contribution in [1.29, 1.82) is 0 Å². The Morgan fingerprint density at radius 2 is 1.77 bits per heavy atom. The molecule has 0 bridgehead atoms. The first kappa shape index (κ1) is 26.8. The average molecular weight is 547 g/mol. The average Bonchev–Trinajstić information content (AvgIpc) is 3.20. The summed E-state index contributed by atoms with van der Waals surface area (Å²) in [5.74, 6) is 0.913. The molecular formula is C31H31ClN2O5. The number of ether oxygens (including phenoxy) is 2. The summed E-state index contributed by atoms with van der Waals surface area (Å²) >= 11 is 6.20. The van der Waals surface area contributed by atoms with Gasteiger partial charge in [-0.1, -0.05) is 48.0 Å². The quantitative estimate of drug-likeness (QED) is 0.246. The molecule has 1 aromatic heterocycles. The highest BCUT2D eigenvalue weighted by molar-refractivity contribution is 6.31. The van der Waals surface area contributed by atoms with Crippen LogP contribution < -0.4 is 14.9 Å². The summed E-state index contributed by atoms with van der Waals surface area (Å²) in [5.41, 5.74) is 2.18. The van der Waals surface area contributed by atoms with Gasteiger partial charge in [-0.05, 0) is 75.4 Å². The minimum atomic E-state index is -0.628. The number of hydrogen-bond acceptors (Lipinski definition) is 6. The van der Waals surface area contributed by atoms with Crippen molar-refractivity contribution in [3.05, 3.63) is 104 Å². The van der Waals surface area contributed by atoms with Gasteiger partial charge in [0.15, 0.2) is 16.9 Å². The highest BCUT2D eigenvalue weighted by Crippen LogP contribution is 2.41. The molecule has 1 aliphatic heterocycles. The molecule has 0 fully saturated rings. The number of amides is 1. The van der Waals surface area contributed by atoms with Crippen molar-refractivity contribution in [3.8, 4) is 11.5 Å². The number of benzene rings is 3. The Balaban J connectivity index is 1.58. The lowest BCUT2D eigenvalue weighted by molar-refractivity contribution is 0.0722. The fourth-order valence-electron chi connectivity index (χ4n) is 4.94. The molecule has 7 nitrogen and oxygen atoms in total. The van der Waals surface area contributed by atoms with Crippen molar-refractivity contribution in [2.45, 2.75) is 26.0 Å². The van der Waals surface area contributed by atoms with E-state index in [0.29, 0.717) is 52.8 Å². The summed E-state index contributed by atoms with van der Waals surface area (Å²) in [4.78, 5) is 31.2. The third kappa shape index (κ3) is 5.51. The molecule has 0 saturated heterocycles. The van der Waals surface area contributed by atoms with Gasteiger partial charge in [-0.25, -0.2) is 0 Å². The molecule has 1 unspecified atom stereocenters. The summed E-state index contributed by atoms with van der Waals surface area (Å²) in [6.07, 6.45) is 0.735. The van der Waals surface area contributed by atoms with Gasteiger partial charge in [-0.2, -0.15) is 0 Å². The van der Waals surface area contributed by atoms with Gasteiger partial charge in [0.25, 0.3) is 5.91 Å². The maximum Gasteiger partial charge on any atom is 0.290 e. The summed E-state index contributed by atoms with van der Waals surface area (Å²) in [7, 11) is 3.98. The van der Waals surface area contributed by atoms with Gasteiger partial charge in [0.05, 0.1) is 23.6 Å². The van der Waals surface area contributed by atoms with Crippen molar-refractivity contribution in [2.75, 3.05) is 33.8 Å². The second-order valence-corrected chi connectivity index (χ2v) is 10.2. The van der Waals surface area contributed by atoms with Gasteiger partial charge >= 0.3 is 0 Å². The van der Waals surface area contributed by atoms with Gasteiger partial charge in [-0.3, -0.25) is 9.59 Å². The predicted molar refractivity (Wildman–Crippen MR) is 152 cm³/mol. The monoisotopic (exact) mass is 546 g/mol. The Labute approximate surface area is 232 Å². The largest absolute Gasteiger partial charge is 0.490 e. The van der Waals surface area contributed by atoms with Gasteiger partial charge in [0, 0.05) is 11.6 Å². The Bertz CT molecular complexity index is 1550. The first-order valence-corrected chi connectivity index (χ1v) is 13.4. The van der Waals surface area contributed by atoms with Crippen LogP contribution in [0.15, 0.2) is 75.9 Å². The molecule has 39 heavy (non-hydrogen) atoms. The first-order chi connectivity index (χ1) is 18.9. The molecule has 202 valence electrons. The Kier molecular flexibility index (Phi) is 7.91. The van der Waals surface area contributed by atoms with E-state index < -0.39 is 6.04 Å². The highest BCUT2D eigenvalue weighted by atomic mass is 35.5. The molecule has 0 saturated carbocycles. The van der Waals surface area contributed by atoms with Crippen molar-refractivity contribution >= 4 is 28.5 Å². The fraction of sp³-hybridized carbons (Fsp3) is 0.290. The van der Waals surface area contributed by atoms with Gasteiger partial charge in [0.1, 0.15) is 12.2 Å². The van der Waals surface area contributed by atoms with Crippen molar-refractivity contribution < 1.29 is 18.7 Å². The van der Waals surface area contributed by atoms with E-state index >= 15 is 0 Å². The number of fused-ring (bicyclic) bond motifs is 2. The second kappa shape index (κ2) is 11.5. The lowest BCUT2D eigenvalue weighted by atomic mass is 9.98. The zero-order valence-electron chi connectivity index (χ0n) is 22.3. The molecule has 5 rings (SSSR count). The molecule has 1 aliphatic rings. The molecule has 1 amide bonds. The summed E-state index contributed by atoms with van der Waals surface area (Å²) in [6.45, 7) is 3.97. The topological polar surface area (TPSA) is 72.2 Å². The van der Waals surface area contributed by atoms with Crippen LogP contribution in [0, 0.1) is 0 Å². The number of hydrogen-bond donors (Lipinski definition) is 0. The number of nitrogens with zero attached hydrogens (tertiary/aromatic N) is 2. The third-order valence-corrected chi connectivity index (χ3v) is 6.99. The number of halogens is 1. The summed E-state index contributed by atoms with van der Waals surface area (Å²) in [6, 6.07) is 19.7. The van der Waals surface area contributed by atoms with Crippen LogP contribution in [0.4, 0.5) is 0 Å². The maximum atomic E-state index is 13.8. The number of carbonyl (C=O) groups excluding carboxylic acids is 1. The molecule has 0 spiro atoms. The standard InChI is InChI=1S/C31H31ClN2O5/c1-4-37-26-17-21(11-13-25(26)38-19-20-9-6-5-7-10-20)28-27-29(35)23-18-22(32)12-14-24(23)39-30(27)31(36)34(28)16-8-15-33(2)3/h5-7,9-14,17-18,28H,4,8,15-16,19H2,1-3H3. The highest BCUT2D eigenvalue weighted by Gasteiger charge is 2.42. The third-order valence-electron chi connectivity index (χ3n) is 6.75. The molecule has 3 aromatic carbocycles. The van der Waals surface area contributed by atoms with Crippen LogP contribution in [0.25, 0.3) is 11.0 Å². The van der Waals surface area contributed by atoms with Crippen LogP contribution in [0.2, 0.25) is 5.02 Å². The molecule has 4 aromatic rings. The maximum absolute atomic E-state index is 13.8. The second-order valence-electron chi connectivity index (χ2n) is 9.79. The van der Waals surface area contributed by atoms with E-state index in [9.17, 15) is 9.59 Å². The van der Waals surface area contributed by atoms with E-state index in [4.69, 9.17) is 25.5 Å². The van der Waals surface area contributed by atoms with Gasteiger partial charge in [0.2, 0.25) is 5.76 Å². The normalized spacial score (nSPS) is 14.7. The SMILES string of the molecule is CCOc1cc(C2c3c(oc4ccc(Cl)cc4c3=O)C(=O)N2CCCN(C)C)ccc1OCc1ccccc1. The van der Waals surface area contributed by atoms with Crippen LogP contribution in [0.1, 0.15) is 46.6 Å². The van der Waals surface area contributed by atoms with Crippen molar-refractivity contribution in [3.63, 3.8) is 0 Å². The zero-order chi connectivity index (χ0) is 27.5.